The Bertz CT molecular complexity index is 871. The Balaban J connectivity index is 1.28. The van der Waals surface area contributed by atoms with E-state index in [1.165, 1.54) is 0 Å². The molecule has 3 fully saturated rings. The van der Waals surface area contributed by atoms with Crippen LogP contribution in [0.2, 0.25) is 0 Å². The average molecular weight is 480 g/mol. The monoisotopic (exact) mass is 479 g/mol. The first-order chi connectivity index (χ1) is 14.4. The van der Waals surface area contributed by atoms with Gasteiger partial charge in [0.1, 0.15) is 6.10 Å². The first-order valence-electron chi connectivity index (χ1n) is 9.99. The van der Waals surface area contributed by atoms with Crippen LogP contribution >= 0.6 is 15.9 Å². The molecule has 6 atom stereocenters. The summed E-state index contributed by atoms with van der Waals surface area (Å²) in [6, 6.07) is 6.24. The largest absolute Gasteiger partial charge is 0.462 e. The number of fused-ring (bicyclic) bond motifs is 1. The number of rotatable bonds is 7. The van der Waals surface area contributed by atoms with E-state index in [9.17, 15) is 19.2 Å². The average Bonchev–Trinajstić information content (AvgIpc) is 3.35. The van der Waals surface area contributed by atoms with Crippen LogP contribution in [0.5, 0.6) is 0 Å². The molecule has 0 radical (unpaired) electrons. The molecule has 2 aliphatic carbocycles. The Morgan fingerprint density at radius 1 is 1.17 bits per heavy atom. The van der Waals surface area contributed by atoms with Gasteiger partial charge < -0.3 is 19.5 Å². The fourth-order valence-electron chi connectivity index (χ4n) is 4.69. The van der Waals surface area contributed by atoms with Crippen molar-refractivity contribution in [3.63, 3.8) is 0 Å². The molecule has 8 nitrogen and oxygen atoms in total. The highest BCUT2D eigenvalue weighted by atomic mass is 79.9. The summed E-state index contributed by atoms with van der Waals surface area (Å²) >= 11 is 3.54. The minimum atomic E-state index is -0.577. The van der Waals surface area contributed by atoms with E-state index < -0.39 is 36.3 Å². The zero-order valence-corrected chi connectivity index (χ0v) is 17.9. The summed E-state index contributed by atoms with van der Waals surface area (Å²) in [6.07, 6.45) is 1.32. The number of hydrogen-bond donors (Lipinski definition) is 1. The van der Waals surface area contributed by atoms with Crippen LogP contribution in [-0.2, 0) is 28.6 Å². The predicted octanol–water partition coefficient (Wildman–Crippen LogP) is 2.31. The number of carbonyl (C=O) groups excluding carboxylic acids is 4. The van der Waals surface area contributed by atoms with Crippen molar-refractivity contribution in [1.82, 2.24) is 0 Å². The van der Waals surface area contributed by atoms with E-state index in [0.29, 0.717) is 17.9 Å². The van der Waals surface area contributed by atoms with Gasteiger partial charge in [-0.25, -0.2) is 4.79 Å². The van der Waals surface area contributed by atoms with Gasteiger partial charge in [0.25, 0.3) is 5.91 Å². The minimum absolute atomic E-state index is 0.0213. The molecule has 1 heterocycles. The number of halogens is 1. The van der Waals surface area contributed by atoms with Gasteiger partial charge in [-0.05, 0) is 43.0 Å². The molecule has 2 saturated carbocycles. The molecule has 2 bridgehead atoms. The van der Waals surface area contributed by atoms with E-state index in [-0.39, 0.29) is 28.7 Å². The van der Waals surface area contributed by atoms with Crippen molar-refractivity contribution in [2.24, 2.45) is 23.7 Å². The first-order valence-corrected chi connectivity index (χ1v) is 10.9. The number of anilines is 1. The first kappa shape index (κ1) is 20.8. The van der Waals surface area contributed by atoms with Crippen LogP contribution in [0.4, 0.5) is 5.69 Å². The van der Waals surface area contributed by atoms with Crippen molar-refractivity contribution < 1.29 is 33.4 Å². The van der Waals surface area contributed by atoms with Crippen molar-refractivity contribution >= 4 is 45.4 Å². The number of benzene rings is 1. The number of esters is 3. The lowest BCUT2D eigenvalue weighted by molar-refractivity contribution is -0.157. The summed E-state index contributed by atoms with van der Waals surface area (Å²) < 4.78 is 15.6. The Kier molecular flexibility index (Phi) is 5.81. The molecule has 0 unspecified atom stereocenters. The fourth-order valence-corrected chi connectivity index (χ4v) is 5.74. The van der Waals surface area contributed by atoms with Crippen molar-refractivity contribution in [3.8, 4) is 0 Å². The van der Waals surface area contributed by atoms with Crippen LogP contribution in [0.1, 0.15) is 30.1 Å². The molecule has 9 heteroatoms. The van der Waals surface area contributed by atoms with Crippen LogP contribution in [0, 0.1) is 23.7 Å². The van der Waals surface area contributed by atoms with Crippen LogP contribution in [0.3, 0.4) is 0 Å². The SMILES string of the molecule is CCCOC(=O)c1ccc(NC(=O)COC(=O)[C@@H]2[C@H]3C[C@H]4[C@H](OC(=O)[C@H]42)[C@@H]3Br)cc1. The lowest BCUT2D eigenvalue weighted by Gasteiger charge is -2.26. The number of hydrogen-bond acceptors (Lipinski definition) is 7. The molecule has 1 N–H and O–H groups in total. The third-order valence-corrected chi connectivity index (χ3v) is 7.18. The highest BCUT2D eigenvalue weighted by Gasteiger charge is 2.68. The second-order valence-corrected chi connectivity index (χ2v) is 8.89. The summed E-state index contributed by atoms with van der Waals surface area (Å²) in [7, 11) is 0. The maximum absolute atomic E-state index is 12.6. The molecule has 3 aliphatic rings. The van der Waals surface area contributed by atoms with Gasteiger partial charge in [0, 0.05) is 11.6 Å². The molecule has 1 saturated heterocycles. The van der Waals surface area contributed by atoms with Crippen LogP contribution in [-0.4, -0.2) is 48.0 Å². The lowest BCUT2D eigenvalue weighted by atomic mass is 9.80. The Morgan fingerprint density at radius 2 is 1.90 bits per heavy atom. The van der Waals surface area contributed by atoms with Crippen LogP contribution in [0.15, 0.2) is 24.3 Å². The molecule has 160 valence electrons. The lowest BCUT2D eigenvalue weighted by Crippen LogP contribution is -2.39. The van der Waals surface area contributed by atoms with Crippen molar-refractivity contribution in [3.05, 3.63) is 29.8 Å². The van der Waals surface area contributed by atoms with Gasteiger partial charge in [-0.2, -0.15) is 0 Å². The number of ether oxygens (including phenoxy) is 3. The quantitative estimate of drug-likeness (QED) is 0.363. The third-order valence-electron chi connectivity index (χ3n) is 5.98. The van der Waals surface area contributed by atoms with Gasteiger partial charge >= 0.3 is 17.9 Å². The Morgan fingerprint density at radius 3 is 2.60 bits per heavy atom. The van der Waals surface area contributed by atoms with Gasteiger partial charge in [0.05, 0.1) is 28.8 Å². The van der Waals surface area contributed by atoms with Crippen LogP contribution < -0.4 is 5.32 Å². The van der Waals surface area contributed by atoms with E-state index in [2.05, 4.69) is 21.2 Å². The highest BCUT2D eigenvalue weighted by molar-refractivity contribution is 9.09. The third kappa shape index (κ3) is 3.71. The summed E-state index contributed by atoms with van der Waals surface area (Å²) in [4.78, 5) is 48.6. The van der Waals surface area contributed by atoms with Gasteiger partial charge in [-0.3, -0.25) is 14.4 Å². The predicted molar refractivity (Wildman–Crippen MR) is 108 cm³/mol. The van der Waals surface area contributed by atoms with Gasteiger partial charge in [-0.1, -0.05) is 22.9 Å². The number of nitrogens with one attached hydrogen (secondary N) is 1. The van der Waals surface area contributed by atoms with Crippen molar-refractivity contribution in [1.29, 1.82) is 0 Å². The smallest absolute Gasteiger partial charge is 0.338 e. The van der Waals surface area contributed by atoms with Crippen LogP contribution in [0.25, 0.3) is 0 Å². The minimum Gasteiger partial charge on any atom is -0.462 e. The summed E-state index contributed by atoms with van der Waals surface area (Å²) in [5, 5.41) is 2.61. The normalized spacial score (nSPS) is 30.7. The molecule has 0 spiro atoms. The molecule has 1 amide bonds. The Labute approximate surface area is 181 Å². The second kappa shape index (κ2) is 8.37. The zero-order valence-electron chi connectivity index (χ0n) is 16.3. The van der Waals surface area contributed by atoms with Gasteiger partial charge in [0.15, 0.2) is 6.61 Å². The summed E-state index contributed by atoms with van der Waals surface area (Å²) in [5.41, 5.74) is 0.848. The van der Waals surface area contributed by atoms with E-state index in [1.54, 1.807) is 24.3 Å². The molecule has 1 aromatic rings. The molecule has 30 heavy (non-hydrogen) atoms. The number of carbonyl (C=O) groups is 4. The summed E-state index contributed by atoms with van der Waals surface area (Å²) in [6.45, 7) is 1.80. The Hall–Kier alpha value is -2.42. The van der Waals surface area contributed by atoms with E-state index >= 15 is 0 Å². The molecular formula is C21H22BrNO7. The fraction of sp³-hybridized carbons (Fsp3) is 0.524. The number of amides is 1. The highest BCUT2D eigenvalue weighted by Crippen LogP contribution is 2.60. The van der Waals surface area contributed by atoms with E-state index in [1.807, 2.05) is 6.92 Å². The molecule has 0 aromatic heterocycles. The van der Waals surface area contributed by atoms with Gasteiger partial charge in [-0.15, -0.1) is 0 Å². The van der Waals surface area contributed by atoms with E-state index in [4.69, 9.17) is 14.2 Å². The molecule has 1 aliphatic heterocycles. The number of alkyl halides is 1. The second-order valence-electron chi connectivity index (χ2n) is 7.83. The standard InChI is InChI=1S/C21H22BrNO7/c1-2-7-28-19(25)10-3-5-11(6-4-10)23-14(24)9-29-20(26)15-12-8-13-16(15)21(27)30-18(13)17(12)22/h3-6,12-13,15-18H,2,7-9H2,1H3,(H,23,24)/t12-,13-,15-,16-,17-,18+/m1/s1. The van der Waals surface area contributed by atoms with Crippen molar-refractivity contribution in [2.75, 3.05) is 18.5 Å². The topological polar surface area (TPSA) is 108 Å². The van der Waals surface area contributed by atoms with E-state index in [0.717, 1.165) is 12.8 Å². The van der Waals surface area contributed by atoms with Crippen molar-refractivity contribution in [2.45, 2.75) is 30.7 Å². The maximum atomic E-state index is 12.6. The zero-order chi connectivity index (χ0) is 21.4. The molecular weight excluding hydrogens is 458 g/mol. The molecule has 4 rings (SSSR count). The molecule has 1 aromatic carbocycles. The summed E-state index contributed by atoms with van der Waals surface area (Å²) in [5.74, 6) is -2.84. The maximum Gasteiger partial charge on any atom is 0.338 e. The van der Waals surface area contributed by atoms with Gasteiger partial charge in [0.2, 0.25) is 0 Å².